The van der Waals surface area contributed by atoms with Crippen molar-refractivity contribution in [2.75, 3.05) is 19.6 Å². The van der Waals surface area contributed by atoms with E-state index in [1.165, 1.54) is 30.6 Å². The number of nitrogens with zero attached hydrogens (tertiary/aromatic N) is 2. The molecular formula is C41H70N12O12. The molecule has 2 rings (SSSR count). The van der Waals surface area contributed by atoms with Crippen LogP contribution in [0.2, 0.25) is 0 Å². The van der Waals surface area contributed by atoms with E-state index >= 15 is 0 Å². The molecule has 2 heterocycles. The first-order valence-electron chi connectivity index (χ1n) is 22.2. The smallest absolute Gasteiger partial charge is 0.326 e. The Balaban J connectivity index is 2.16. The SMILES string of the molecule is CC(C)C[C@H](NC(=O)[C@H](C)N)C(=O)N[C@@H](C)C(=O)N1CCC[C@H]1C(=O)N1CCC[C@H]1C(=O)N[C@@H](C)C(=O)N[C@@H](CCC(N)=O)C(=O)N[C@@H](CCC(N)=O)C(=O)N[C@@H](CCCCN)C(=O)O. The molecule has 0 saturated carbocycles. The predicted molar refractivity (Wildman–Crippen MR) is 233 cm³/mol. The molecule has 0 unspecified atom stereocenters. The van der Waals surface area contributed by atoms with Gasteiger partial charge in [-0.05, 0) is 97.4 Å². The summed E-state index contributed by atoms with van der Waals surface area (Å²) in [6, 6.07) is -10.5. The Morgan fingerprint density at radius 1 is 0.585 bits per heavy atom. The zero-order chi connectivity index (χ0) is 49.1. The summed E-state index contributed by atoms with van der Waals surface area (Å²) in [7, 11) is 0. The van der Waals surface area contributed by atoms with E-state index in [-0.39, 0.29) is 57.5 Å². The minimum absolute atomic E-state index is 0.0196. The third-order valence-corrected chi connectivity index (χ3v) is 11.1. The largest absolute Gasteiger partial charge is 0.480 e. The molecule has 0 aliphatic carbocycles. The van der Waals surface area contributed by atoms with Crippen LogP contribution in [0.5, 0.6) is 0 Å². The molecule has 2 fully saturated rings. The number of likely N-dealkylation sites (tertiary alicyclic amines) is 2. The highest BCUT2D eigenvalue weighted by Crippen LogP contribution is 2.26. The third-order valence-electron chi connectivity index (χ3n) is 11.1. The number of primary amides is 2. The Kier molecular flexibility index (Phi) is 22.7. The first kappa shape index (κ1) is 55.2. The third kappa shape index (κ3) is 17.9. The molecule has 0 aromatic carbocycles. The van der Waals surface area contributed by atoms with Crippen LogP contribution in [-0.4, -0.2) is 154 Å². The van der Waals surface area contributed by atoms with E-state index in [9.17, 15) is 57.8 Å². The fourth-order valence-electron chi connectivity index (χ4n) is 7.49. The van der Waals surface area contributed by atoms with Crippen LogP contribution in [0, 0.1) is 5.92 Å². The average molecular weight is 923 g/mol. The Morgan fingerprint density at radius 2 is 1.08 bits per heavy atom. The van der Waals surface area contributed by atoms with E-state index in [1.54, 1.807) is 0 Å². The second kappa shape index (κ2) is 26.8. The minimum Gasteiger partial charge on any atom is -0.480 e. The highest BCUT2D eigenvalue weighted by atomic mass is 16.4. The number of carboxylic acids is 1. The summed E-state index contributed by atoms with van der Waals surface area (Å²) >= 11 is 0. The zero-order valence-electron chi connectivity index (χ0n) is 38.0. The molecule has 0 aromatic heterocycles. The normalized spacial score (nSPS) is 19.1. The van der Waals surface area contributed by atoms with Crippen LogP contribution in [0.3, 0.4) is 0 Å². The zero-order valence-corrected chi connectivity index (χ0v) is 38.0. The molecule has 0 spiro atoms. The molecule has 2 aliphatic heterocycles. The summed E-state index contributed by atoms with van der Waals surface area (Å²) in [6.07, 6.45) is 1.16. The molecule has 366 valence electrons. The molecule has 10 amide bonds. The highest BCUT2D eigenvalue weighted by Gasteiger charge is 2.44. The second-order valence-corrected chi connectivity index (χ2v) is 17.1. The van der Waals surface area contributed by atoms with Gasteiger partial charge in [-0.1, -0.05) is 13.8 Å². The van der Waals surface area contributed by atoms with Gasteiger partial charge in [0, 0.05) is 25.9 Å². The van der Waals surface area contributed by atoms with Gasteiger partial charge in [0.15, 0.2) is 0 Å². The van der Waals surface area contributed by atoms with E-state index in [1.807, 2.05) is 13.8 Å². The van der Waals surface area contributed by atoms with Crippen LogP contribution in [0.1, 0.15) is 112 Å². The first-order valence-corrected chi connectivity index (χ1v) is 22.2. The van der Waals surface area contributed by atoms with Gasteiger partial charge in [0.1, 0.15) is 48.3 Å². The monoisotopic (exact) mass is 923 g/mol. The van der Waals surface area contributed by atoms with Crippen molar-refractivity contribution in [1.82, 2.24) is 41.7 Å². The van der Waals surface area contributed by atoms with Gasteiger partial charge in [-0.25, -0.2) is 4.79 Å². The molecule has 0 radical (unpaired) electrons. The number of unbranched alkanes of at least 4 members (excludes halogenated alkanes) is 1. The second-order valence-electron chi connectivity index (χ2n) is 17.1. The maximum atomic E-state index is 14.0. The van der Waals surface area contributed by atoms with Gasteiger partial charge >= 0.3 is 5.97 Å². The average Bonchev–Trinajstić information content (AvgIpc) is 3.93. The maximum absolute atomic E-state index is 14.0. The summed E-state index contributed by atoms with van der Waals surface area (Å²) in [5.74, 6) is -8.62. The number of rotatable bonds is 27. The number of carboxylic acid groups (broad SMARTS) is 1. The van der Waals surface area contributed by atoms with Crippen molar-refractivity contribution in [3.63, 3.8) is 0 Å². The van der Waals surface area contributed by atoms with Gasteiger partial charge in [-0.2, -0.15) is 0 Å². The Hall–Kier alpha value is -5.91. The molecule has 9 atom stereocenters. The number of nitrogens with one attached hydrogen (secondary N) is 6. The standard InChI is InChI=1S/C41H70N12O12/c1-21(2)20-28(51-33(56)22(3)43)37(60)47-24(5)39(62)53-19-9-12-30(53)40(63)52-18-8-11-29(52)38(61)46-23(4)34(57)48-25(13-15-31(44)54)35(58)49-26(14-16-32(45)55)36(59)50-27(41(64)65)10-6-7-17-42/h21-30H,6-20,42-43H2,1-5H3,(H2,44,54)(H2,45,55)(H,46,61)(H,47,60)(H,48,57)(H,49,58)(H,50,59)(H,51,56)(H,64,65)/t22-,23-,24-,25-,26-,27-,28-,29-,30-/m0/s1. The van der Waals surface area contributed by atoms with E-state index in [2.05, 4.69) is 31.9 Å². The molecule has 0 bridgehead atoms. The molecular weight excluding hydrogens is 853 g/mol. The van der Waals surface area contributed by atoms with Crippen molar-refractivity contribution in [2.45, 2.75) is 166 Å². The van der Waals surface area contributed by atoms with Crippen LogP contribution in [0.15, 0.2) is 0 Å². The van der Waals surface area contributed by atoms with Crippen molar-refractivity contribution in [1.29, 1.82) is 0 Å². The summed E-state index contributed by atoms with van der Waals surface area (Å²) in [6.45, 7) is 8.70. The molecule has 15 N–H and O–H groups in total. The van der Waals surface area contributed by atoms with Crippen molar-refractivity contribution in [3.8, 4) is 0 Å². The fraction of sp³-hybridized carbons (Fsp3) is 0.732. The fourth-order valence-corrected chi connectivity index (χ4v) is 7.49. The highest BCUT2D eigenvalue weighted by molar-refractivity contribution is 5.98. The van der Waals surface area contributed by atoms with Crippen LogP contribution < -0.4 is 54.8 Å². The van der Waals surface area contributed by atoms with Crippen LogP contribution in [0.25, 0.3) is 0 Å². The number of aliphatic carboxylic acids is 1. The maximum Gasteiger partial charge on any atom is 0.326 e. The lowest BCUT2D eigenvalue weighted by molar-refractivity contribution is -0.148. The Bertz CT molecular complexity index is 1750. The first-order chi connectivity index (χ1) is 30.5. The van der Waals surface area contributed by atoms with Crippen molar-refractivity contribution < 1.29 is 57.8 Å². The number of carbonyl (C=O) groups is 11. The van der Waals surface area contributed by atoms with Crippen molar-refractivity contribution in [2.24, 2.45) is 28.9 Å². The lowest BCUT2D eigenvalue weighted by Gasteiger charge is -2.33. The van der Waals surface area contributed by atoms with Crippen LogP contribution in [0.4, 0.5) is 0 Å². The van der Waals surface area contributed by atoms with Gasteiger partial charge < -0.3 is 69.7 Å². The van der Waals surface area contributed by atoms with Gasteiger partial charge in [-0.3, -0.25) is 47.9 Å². The topological polar surface area (TPSA) is 391 Å². The van der Waals surface area contributed by atoms with Crippen molar-refractivity contribution in [3.05, 3.63) is 0 Å². The van der Waals surface area contributed by atoms with E-state index in [0.29, 0.717) is 38.6 Å². The summed E-state index contributed by atoms with van der Waals surface area (Å²) < 4.78 is 0. The molecule has 2 saturated heterocycles. The molecule has 0 aromatic rings. The quantitative estimate of drug-likeness (QED) is 0.0351. The lowest BCUT2D eigenvalue weighted by atomic mass is 10.0. The number of hydrogen-bond donors (Lipinski definition) is 11. The summed E-state index contributed by atoms with van der Waals surface area (Å²) in [5.41, 5.74) is 21.7. The molecule has 24 nitrogen and oxygen atoms in total. The number of nitrogens with two attached hydrogens (primary N) is 4. The van der Waals surface area contributed by atoms with E-state index in [4.69, 9.17) is 22.9 Å². The molecule has 24 heteroatoms. The number of amides is 10. The van der Waals surface area contributed by atoms with Crippen molar-refractivity contribution >= 4 is 65.0 Å². The minimum atomic E-state index is -1.50. The summed E-state index contributed by atoms with van der Waals surface area (Å²) in [5, 5.41) is 24.6. The summed E-state index contributed by atoms with van der Waals surface area (Å²) in [4.78, 5) is 145. The number of hydrogen-bond acceptors (Lipinski definition) is 13. The molecule has 2 aliphatic rings. The van der Waals surface area contributed by atoms with Gasteiger partial charge in [0.2, 0.25) is 59.1 Å². The predicted octanol–water partition coefficient (Wildman–Crippen LogP) is -3.95. The van der Waals surface area contributed by atoms with E-state index < -0.39 is 126 Å². The Morgan fingerprint density at radius 3 is 1.58 bits per heavy atom. The Labute approximate surface area is 378 Å². The van der Waals surface area contributed by atoms with Gasteiger partial charge in [-0.15, -0.1) is 0 Å². The van der Waals surface area contributed by atoms with E-state index in [0.717, 1.165) is 0 Å². The van der Waals surface area contributed by atoms with Crippen LogP contribution >= 0.6 is 0 Å². The van der Waals surface area contributed by atoms with Gasteiger partial charge in [0.25, 0.3) is 0 Å². The number of carbonyl (C=O) groups excluding carboxylic acids is 10. The van der Waals surface area contributed by atoms with Crippen LogP contribution in [-0.2, 0) is 52.7 Å². The van der Waals surface area contributed by atoms with Gasteiger partial charge in [0.05, 0.1) is 6.04 Å². The lowest BCUT2D eigenvalue weighted by Crippen LogP contribution is -2.59. The molecule has 65 heavy (non-hydrogen) atoms.